The highest BCUT2D eigenvalue weighted by Gasteiger charge is 2.47. The van der Waals surface area contributed by atoms with Crippen molar-refractivity contribution >= 4 is 23.1 Å². The highest BCUT2D eigenvalue weighted by molar-refractivity contribution is 6.46. The lowest BCUT2D eigenvalue weighted by Gasteiger charge is -2.25. The second-order valence-corrected chi connectivity index (χ2v) is 7.83. The van der Waals surface area contributed by atoms with Gasteiger partial charge in [-0.3, -0.25) is 19.7 Å². The number of para-hydroxylation sites is 1. The summed E-state index contributed by atoms with van der Waals surface area (Å²) in [7, 11) is 0. The zero-order chi connectivity index (χ0) is 23.5. The van der Waals surface area contributed by atoms with Crippen molar-refractivity contribution in [3.63, 3.8) is 0 Å². The van der Waals surface area contributed by atoms with Crippen LogP contribution in [0.25, 0.3) is 5.76 Å². The molecule has 1 amide bonds. The predicted octanol–water partition coefficient (Wildman–Crippen LogP) is 3.61. The molecule has 0 aliphatic carbocycles. The zero-order valence-electron chi connectivity index (χ0n) is 17.9. The van der Waals surface area contributed by atoms with Gasteiger partial charge in [-0.15, -0.1) is 0 Å². The quantitative estimate of drug-likeness (QED) is 0.195. The van der Waals surface area contributed by atoms with Crippen molar-refractivity contribution in [1.82, 2.24) is 14.5 Å². The van der Waals surface area contributed by atoms with Gasteiger partial charge in [0.05, 0.1) is 28.4 Å². The van der Waals surface area contributed by atoms with Gasteiger partial charge in [0.25, 0.3) is 17.4 Å². The topological polar surface area (TPSA) is 119 Å². The van der Waals surface area contributed by atoms with Crippen molar-refractivity contribution in [1.29, 1.82) is 0 Å². The first-order valence-corrected chi connectivity index (χ1v) is 10.4. The van der Waals surface area contributed by atoms with Crippen molar-refractivity contribution < 1.29 is 19.6 Å². The summed E-state index contributed by atoms with van der Waals surface area (Å²) in [5.41, 5.74) is 1.12. The Bertz CT molecular complexity index is 1230. The van der Waals surface area contributed by atoms with E-state index in [0.29, 0.717) is 18.5 Å². The minimum absolute atomic E-state index is 0.152. The van der Waals surface area contributed by atoms with Crippen LogP contribution in [0.15, 0.2) is 72.8 Å². The molecule has 1 saturated heterocycles. The first kappa shape index (κ1) is 21.9. The first-order valence-electron chi connectivity index (χ1n) is 10.4. The summed E-state index contributed by atoms with van der Waals surface area (Å²) in [4.78, 5) is 42.5. The molecule has 1 atom stereocenters. The van der Waals surface area contributed by atoms with Crippen LogP contribution in [0, 0.1) is 17.0 Å². The van der Waals surface area contributed by atoms with Crippen molar-refractivity contribution in [3.8, 4) is 0 Å². The van der Waals surface area contributed by atoms with Crippen LogP contribution in [-0.2, 0) is 16.1 Å². The number of imidazole rings is 1. The van der Waals surface area contributed by atoms with E-state index in [0.717, 1.165) is 5.56 Å². The Morgan fingerprint density at radius 2 is 1.85 bits per heavy atom. The van der Waals surface area contributed by atoms with Crippen molar-refractivity contribution in [3.05, 3.63) is 99.6 Å². The molecule has 4 rings (SSSR count). The Balaban J connectivity index is 1.80. The lowest BCUT2D eigenvalue weighted by Crippen LogP contribution is -2.31. The fraction of sp³-hybridized carbons (Fsp3) is 0.208. The van der Waals surface area contributed by atoms with E-state index in [-0.39, 0.29) is 29.1 Å². The number of nitro benzene ring substituents is 1. The molecule has 168 valence electrons. The molecule has 2 aromatic carbocycles. The summed E-state index contributed by atoms with van der Waals surface area (Å²) in [6.07, 6.45) is 5.56. The Labute approximate surface area is 189 Å². The van der Waals surface area contributed by atoms with Gasteiger partial charge in [0.15, 0.2) is 0 Å². The largest absolute Gasteiger partial charge is 0.507 e. The highest BCUT2D eigenvalue weighted by Crippen LogP contribution is 2.42. The number of likely N-dealkylation sites (tertiary alicyclic amines) is 1. The van der Waals surface area contributed by atoms with Crippen LogP contribution < -0.4 is 0 Å². The second-order valence-electron chi connectivity index (χ2n) is 7.83. The van der Waals surface area contributed by atoms with Crippen molar-refractivity contribution in [2.24, 2.45) is 0 Å². The Kier molecular flexibility index (Phi) is 6.03. The van der Waals surface area contributed by atoms with E-state index in [2.05, 4.69) is 4.98 Å². The number of amides is 1. The van der Waals surface area contributed by atoms with Gasteiger partial charge in [-0.05, 0) is 19.4 Å². The van der Waals surface area contributed by atoms with Crippen molar-refractivity contribution in [2.75, 3.05) is 6.54 Å². The van der Waals surface area contributed by atoms with E-state index in [4.69, 9.17) is 0 Å². The van der Waals surface area contributed by atoms with Gasteiger partial charge in [-0.2, -0.15) is 0 Å². The summed E-state index contributed by atoms with van der Waals surface area (Å²) in [5.74, 6) is -2.01. The molecule has 0 radical (unpaired) electrons. The number of carbonyl (C=O) groups is 2. The average Bonchev–Trinajstić information content (AvgIpc) is 3.41. The number of carbonyl (C=O) groups excluding carboxylic acids is 2. The smallest absolute Gasteiger partial charge is 0.295 e. The predicted molar refractivity (Wildman–Crippen MR) is 120 cm³/mol. The summed E-state index contributed by atoms with van der Waals surface area (Å²) in [6.45, 7) is 2.60. The first-order chi connectivity index (χ1) is 15.9. The third kappa shape index (κ3) is 4.25. The summed E-state index contributed by atoms with van der Waals surface area (Å²) >= 11 is 0. The van der Waals surface area contributed by atoms with Crippen LogP contribution in [0.4, 0.5) is 5.69 Å². The van der Waals surface area contributed by atoms with Crippen LogP contribution in [0.3, 0.4) is 0 Å². The minimum Gasteiger partial charge on any atom is -0.507 e. The summed E-state index contributed by atoms with van der Waals surface area (Å²) < 4.78 is 1.84. The second kappa shape index (κ2) is 9.07. The molecule has 1 N–H and O–H groups in total. The molecule has 1 fully saturated rings. The van der Waals surface area contributed by atoms with Crippen LogP contribution >= 0.6 is 0 Å². The van der Waals surface area contributed by atoms with Crippen molar-refractivity contribution in [2.45, 2.75) is 25.9 Å². The van der Waals surface area contributed by atoms with Gasteiger partial charge < -0.3 is 14.6 Å². The molecule has 0 bridgehead atoms. The minimum atomic E-state index is -1.07. The van der Waals surface area contributed by atoms with Gasteiger partial charge in [0, 0.05) is 37.1 Å². The molecule has 1 aromatic heterocycles. The number of aromatic nitrogens is 2. The molecule has 33 heavy (non-hydrogen) atoms. The van der Waals surface area contributed by atoms with Gasteiger partial charge >= 0.3 is 0 Å². The average molecular weight is 446 g/mol. The van der Waals surface area contributed by atoms with Crippen LogP contribution in [-0.4, -0.2) is 42.7 Å². The standard InChI is InChI=1S/C24H22N4O5/c1-16-7-9-17(10-8-16)22(29)20-21(18-5-2-3-6-19(18)28(32)33)27(24(31)23(20)30)13-4-12-26-14-11-25-15-26/h2-3,5-11,14-15,21,29H,4,12-13H2,1H3/t21-/m0/s1. The maximum atomic E-state index is 13.1. The Hall–Kier alpha value is -4.27. The molecule has 1 aliphatic heterocycles. The number of hydrogen-bond donors (Lipinski definition) is 1. The molecule has 1 aliphatic rings. The number of ketones is 1. The van der Waals surface area contributed by atoms with E-state index in [9.17, 15) is 24.8 Å². The Morgan fingerprint density at radius 1 is 1.12 bits per heavy atom. The van der Waals surface area contributed by atoms with Gasteiger partial charge in [-0.25, -0.2) is 4.98 Å². The number of hydrogen-bond acceptors (Lipinski definition) is 6. The molecule has 9 nitrogen and oxygen atoms in total. The molecule has 9 heteroatoms. The lowest BCUT2D eigenvalue weighted by molar-refractivity contribution is -0.385. The van der Waals surface area contributed by atoms with Crippen LogP contribution in [0.1, 0.15) is 29.2 Å². The molecular weight excluding hydrogens is 424 g/mol. The Morgan fingerprint density at radius 3 is 2.52 bits per heavy atom. The third-order valence-electron chi connectivity index (χ3n) is 5.67. The molecular formula is C24H22N4O5. The normalized spacial score (nSPS) is 17.5. The molecule has 0 spiro atoms. The number of aryl methyl sites for hydroxylation is 2. The van der Waals surface area contributed by atoms with E-state index in [1.54, 1.807) is 49.1 Å². The number of Topliss-reactive ketones (excluding diaryl/α,β-unsaturated/α-hetero) is 1. The SMILES string of the molecule is Cc1ccc(C(O)=C2C(=O)C(=O)N(CCCn3ccnc3)[C@H]2c2ccccc2[N+](=O)[O-])cc1. The highest BCUT2D eigenvalue weighted by atomic mass is 16.6. The molecule has 0 unspecified atom stereocenters. The van der Waals surface area contributed by atoms with Gasteiger partial charge in [0.1, 0.15) is 5.76 Å². The van der Waals surface area contributed by atoms with Gasteiger partial charge in [-0.1, -0.05) is 42.0 Å². The van der Waals surface area contributed by atoms with E-state index in [1.807, 2.05) is 11.5 Å². The maximum Gasteiger partial charge on any atom is 0.295 e. The number of rotatable bonds is 7. The summed E-state index contributed by atoms with van der Waals surface area (Å²) in [5, 5.41) is 22.8. The number of benzene rings is 2. The van der Waals surface area contributed by atoms with E-state index < -0.39 is 22.7 Å². The third-order valence-corrected chi connectivity index (χ3v) is 5.67. The molecule has 0 saturated carbocycles. The van der Waals surface area contributed by atoms with Crippen LogP contribution in [0.2, 0.25) is 0 Å². The summed E-state index contributed by atoms with van der Waals surface area (Å²) in [6, 6.07) is 11.7. The van der Waals surface area contributed by atoms with Gasteiger partial charge in [0.2, 0.25) is 0 Å². The van der Waals surface area contributed by atoms with E-state index in [1.165, 1.54) is 23.1 Å². The monoisotopic (exact) mass is 446 g/mol. The zero-order valence-corrected chi connectivity index (χ0v) is 17.9. The number of nitrogens with zero attached hydrogens (tertiary/aromatic N) is 4. The fourth-order valence-corrected chi connectivity index (χ4v) is 4.03. The molecule has 2 heterocycles. The number of nitro groups is 1. The lowest BCUT2D eigenvalue weighted by atomic mass is 9.94. The fourth-order valence-electron chi connectivity index (χ4n) is 4.03. The van der Waals surface area contributed by atoms with E-state index >= 15 is 0 Å². The number of aliphatic hydroxyl groups is 1. The maximum absolute atomic E-state index is 13.1. The number of aliphatic hydroxyl groups excluding tert-OH is 1. The molecule has 3 aromatic rings. The van der Waals surface area contributed by atoms with Crippen LogP contribution in [0.5, 0.6) is 0 Å².